The fourth-order valence-corrected chi connectivity index (χ4v) is 21.8. The van der Waals surface area contributed by atoms with Gasteiger partial charge in [0.05, 0.1) is 0 Å². The zero-order chi connectivity index (χ0) is 24.9. The van der Waals surface area contributed by atoms with E-state index in [2.05, 4.69) is 60.7 Å². The molecule has 0 bridgehead atoms. The Balaban J connectivity index is 2.42. The standard InChI is InChI=1S/C15H27O4Si.3C4H9.Sn/c1-14(2,3)20(6,7)19-11-8-9-16-13(11)12-10-17-15(4,5)18-12;3*1-3-4-2;/h8,11-13H,10H2,1-7H3;3*1,3-4H2,2H3;/t11-,12-,13?;;;;/m1..../s1. The maximum absolute atomic E-state index is 7.03. The SMILES string of the molecule is CCC[CH2][Sn]([CH2]CCC)([CH2]CCC)[C]1=C[C@@H](O[Si](C)(C)C(C)(C)C)C([C@H]2COC(C)(C)O2)O1. The first kappa shape index (κ1) is 29.7. The van der Waals surface area contributed by atoms with E-state index >= 15 is 0 Å². The van der Waals surface area contributed by atoms with Crippen molar-refractivity contribution in [2.45, 2.75) is 149 Å². The second-order valence-electron chi connectivity index (χ2n) is 12.4. The number of rotatable bonds is 13. The Bertz CT molecular complexity index is 619. The van der Waals surface area contributed by atoms with Crippen LogP contribution in [0.5, 0.6) is 0 Å². The third-order valence-electron chi connectivity index (χ3n) is 8.09. The molecule has 33 heavy (non-hydrogen) atoms. The molecule has 0 aromatic rings. The zero-order valence-corrected chi connectivity index (χ0v) is 27.4. The van der Waals surface area contributed by atoms with Crippen molar-refractivity contribution >= 4 is 26.7 Å². The van der Waals surface area contributed by atoms with Crippen LogP contribution in [0.4, 0.5) is 0 Å². The molecule has 194 valence electrons. The molecular formula is C27H54O4SiSn. The number of hydrogen-bond acceptors (Lipinski definition) is 4. The van der Waals surface area contributed by atoms with Gasteiger partial charge in [-0.2, -0.15) is 0 Å². The molecule has 2 aliphatic heterocycles. The second kappa shape index (κ2) is 12.1. The summed E-state index contributed by atoms with van der Waals surface area (Å²) in [5.41, 5.74) is 0. The van der Waals surface area contributed by atoms with E-state index in [4.69, 9.17) is 18.6 Å². The quantitative estimate of drug-likeness (QED) is 0.203. The topological polar surface area (TPSA) is 36.9 Å². The first-order chi connectivity index (χ1) is 15.3. The average Bonchev–Trinajstić information content (AvgIpc) is 3.29. The Morgan fingerprint density at radius 2 is 1.52 bits per heavy atom. The first-order valence-electron chi connectivity index (χ1n) is 13.7. The number of unbranched alkanes of at least 4 members (excludes halogenated alkanes) is 3. The van der Waals surface area contributed by atoms with Crippen LogP contribution in [0, 0.1) is 0 Å². The Labute approximate surface area is 210 Å². The van der Waals surface area contributed by atoms with Gasteiger partial charge in [-0.15, -0.1) is 0 Å². The molecule has 0 radical (unpaired) electrons. The summed E-state index contributed by atoms with van der Waals surface area (Å²) < 4.78 is 32.0. The van der Waals surface area contributed by atoms with Crippen LogP contribution in [0.2, 0.25) is 31.4 Å². The van der Waals surface area contributed by atoms with E-state index < -0.39 is 32.5 Å². The summed E-state index contributed by atoms with van der Waals surface area (Å²) in [4.78, 5) is 0. The van der Waals surface area contributed by atoms with Gasteiger partial charge in [0.25, 0.3) is 0 Å². The molecule has 2 aliphatic rings. The van der Waals surface area contributed by atoms with Crippen LogP contribution in [0.15, 0.2) is 9.85 Å². The summed E-state index contributed by atoms with van der Waals surface area (Å²) in [7, 11) is -1.96. The number of hydrogen-bond donors (Lipinski definition) is 0. The van der Waals surface area contributed by atoms with Gasteiger partial charge < -0.3 is 0 Å². The Kier molecular flexibility index (Phi) is 10.9. The Hall–Kier alpha value is 0.436. The van der Waals surface area contributed by atoms with Crippen molar-refractivity contribution in [3.8, 4) is 0 Å². The van der Waals surface area contributed by atoms with Crippen LogP contribution in [0.3, 0.4) is 0 Å². The van der Waals surface area contributed by atoms with Crippen molar-refractivity contribution in [1.82, 2.24) is 0 Å². The van der Waals surface area contributed by atoms with Crippen molar-refractivity contribution in [1.29, 1.82) is 0 Å². The van der Waals surface area contributed by atoms with Crippen LogP contribution in [0.25, 0.3) is 0 Å². The van der Waals surface area contributed by atoms with E-state index in [0.717, 1.165) is 0 Å². The second-order valence-corrected chi connectivity index (χ2v) is 30.2. The van der Waals surface area contributed by atoms with E-state index in [1.165, 1.54) is 55.6 Å². The molecule has 1 saturated heterocycles. The van der Waals surface area contributed by atoms with Crippen LogP contribution >= 0.6 is 0 Å². The summed E-state index contributed by atoms with van der Waals surface area (Å²) in [6.07, 6.45) is 10.1. The molecule has 0 saturated carbocycles. The van der Waals surface area contributed by atoms with Crippen molar-refractivity contribution in [3.05, 3.63) is 9.85 Å². The van der Waals surface area contributed by atoms with Crippen LogP contribution in [-0.4, -0.2) is 57.4 Å². The number of ether oxygens (including phenoxy) is 3. The summed E-state index contributed by atoms with van der Waals surface area (Å²) in [6.45, 7) is 23.3. The van der Waals surface area contributed by atoms with E-state index in [1.54, 1.807) is 0 Å². The van der Waals surface area contributed by atoms with Gasteiger partial charge in [0.2, 0.25) is 0 Å². The molecular weight excluding hydrogens is 535 g/mol. The molecule has 6 heteroatoms. The Morgan fingerprint density at radius 3 is 1.91 bits per heavy atom. The molecule has 0 aromatic carbocycles. The molecule has 0 aromatic heterocycles. The minimum absolute atomic E-state index is 0.0238. The van der Waals surface area contributed by atoms with Gasteiger partial charge in [0.1, 0.15) is 0 Å². The van der Waals surface area contributed by atoms with Gasteiger partial charge in [-0.25, -0.2) is 0 Å². The molecule has 0 aliphatic carbocycles. The molecule has 0 N–H and O–H groups in total. The van der Waals surface area contributed by atoms with E-state index in [1.807, 2.05) is 13.8 Å². The van der Waals surface area contributed by atoms with E-state index in [0.29, 0.717) is 6.61 Å². The van der Waals surface area contributed by atoms with Gasteiger partial charge in [-0.1, -0.05) is 0 Å². The fourth-order valence-electron chi connectivity index (χ4n) is 4.87. The maximum atomic E-state index is 7.03. The minimum atomic E-state index is -2.69. The van der Waals surface area contributed by atoms with Gasteiger partial charge in [0, 0.05) is 0 Å². The first-order valence-corrected chi connectivity index (χ1v) is 24.1. The average molecular weight is 590 g/mol. The fraction of sp³-hybridized carbons (Fsp3) is 0.926. The molecule has 0 amide bonds. The van der Waals surface area contributed by atoms with E-state index in [-0.39, 0.29) is 23.4 Å². The van der Waals surface area contributed by atoms with Crippen LogP contribution in [0.1, 0.15) is 93.9 Å². The summed E-state index contributed by atoms with van der Waals surface area (Å²) in [6, 6.07) is 0. The molecule has 1 fully saturated rings. The van der Waals surface area contributed by atoms with E-state index in [9.17, 15) is 0 Å². The predicted molar refractivity (Wildman–Crippen MR) is 145 cm³/mol. The molecule has 3 atom stereocenters. The molecule has 2 heterocycles. The summed E-state index contributed by atoms with van der Waals surface area (Å²) in [5, 5.41) is 0.160. The third kappa shape index (κ3) is 7.71. The zero-order valence-electron chi connectivity index (χ0n) is 23.5. The normalized spacial score (nSPS) is 25.9. The van der Waals surface area contributed by atoms with Gasteiger partial charge in [0.15, 0.2) is 0 Å². The van der Waals surface area contributed by atoms with Crippen molar-refractivity contribution < 1.29 is 18.6 Å². The van der Waals surface area contributed by atoms with Gasteiger partial charge >= 0.3 is 211 Å². The van der Waals surface area contributed by atoms with Crippen LogP contribution in [-0.2, 0) is 18.6 Å². The Morgan fingerprint density at radius 1 is 1.00 bits per heavy atom. The summed E-state index contributed by atoms with van der Waals surface area (Å²) in [5.74, 6) is -0.550. The van der Waals surface area contributed by atoms with Crippen LogP contribution < -0.4 is 0 Å². The molecule has 0 spiro atoms. The molecule has 2 rings (SSSR count). The third-order valence-corrected chi connectivity index (χ3v) is 27.6. The summed E-state index contributed by atoms with van der Waals surface area (Å²) >= 11 is -2.69. The van der Waals surface area contributed by atoms with Crippen molar-refractivity contribution in [2.75, 3.05) is 6.61 Å². The van der Waals surface area contributed by atoms with Crippen molar-refractivity contribution in [2.24, 2.45) is 0 Å². The van der Waals surface area contributed by atoms with Crippen molar-refractivity contribution in [3.63, 3.8) is 0 Å². The monoisotopic (exact) mass is 590 g/mol. The van der Waals surface area contributed by atoms with Gasteiger partial charge in [-0.3, -0.25) is 0 Å². The predicted octanol–water partition coefficient (Wildman–Crippen LogP) is 8.20. The van der Waals surface area contributed by atoms with Gasteiger partial charge in [-0.05, 0) is 0 Å². The molecule has 1 unspecified atom stereocenters. The molecule has 4 nitrogen and oxygen atoms in total.